The molecule has 204 valence electrons. The smallest absolute Gasteiger partial charge is 0.353 e. The minimum absolute atomic E-state index is 0.0437. The molecule has 3 aromatic carbocycles. The molecule has 10 heteroatoms. The Morgan fingerprint density at radius 2 is 1.62 bits per heavy atom. The van der Waals surface area contributed by atoms with Gasteiger partial charge < -0.3 is 15.9 Å². The molecule has 1 fully saturated rings. The molecule has 3 atom stereocenters. The van der Waals surface area contributed by atoms with E-state index in [0.29, 0.717) is 5.56 Å². The van der Waals surface area contributed by atoms with Crippen molar-refractivity contribution in [3.8, 4) is 0 Å². The summed E-state index contributed by atoms with van der Waals surface area (Å²) < 4.78 is 13.7. The van der Waals surface area contributed by atoms with Crippen LogP contribution in [0.3, 0.4) is 0 Å². The third-order valence-electron chi connectivity index (χ3n) is 7.89. The number of halogens is 1. The van der Waals surface area contributed by atoms with Crippen LogP contribution >= 0.6 is 0 Å². The van der Waals surface area contributed by atoms with Crippen LogP contribution in [0.5, 0.6) is 0 Å². The van der Waals surface area contributed by atoms with Crippen LogP contribution in [0.25, 0.3) is 0 Å². The predicted octanol–water partition coefficient (Wildman–Crippen LogP) is 3.40. The number of nitrogens with two attached hydrogens (primary N) is 1. The lowest BCUT2D eigenvalue weighted by Crippen LogP contribution is -2.61. The van der Waals surface area contributed by atoms with Crippen molar-refractivity contribution < 1.29 is 33.8 Å². The van der Waals surface area contributed by atoms with E-state index in [1.165, 1.54) is 24.3 Å². The molecule has 1 heterocycles. The van der Waals surface area contributed by atoms with Gasteiger partial charge in [0.15, 0.2) is 17.0 Å². The number of Topliss-reactive ketones (excluding diaryl/α,β-unsaturated/α-hetero) is 1. The Kier molecular flexibility index (Phi) is 6.80. The zero-order valence-electron chi connectivity index (χ0n) is 21.3. The van der Waals surface area contributed by atoms with Crippen LogP contribution in [0.4, 0.5) is 10.1 Å². The largest absolute Gasteiger partial charge is 0.481 e. The van der Waals surface area contributed by atoms with Gasteiger partial charge in [-0.1, -0.05) is 54.6 Å². The van der Waals surface area contributed by atoms with E-state index in [4.69, 9.17) is 5.73 Å². The third-order valence-corrected chi connectivity index (χ3v) is 7.89. The number of hydrogen-bond donors (Lipinski definition) is 3. The van der Waals surface area contributed by atoms with E-state index in [9.17, 15) is 33.8 Å². The molecule has 40 heavy (non-hydrogen) atoms. The molecule has 2 aliphatic carbocycles. The van der Waals surface area contributed by atoms with E-state index in [0.717, 1.165) is 17.7 Å². The van der Waals surface area contributed by atoms with Gasteiger partial charge in [0, 0.05) is 6.54 Å². The van der Waals surface area contributed by atoms with E-state index < -0.39 is 58.6 Å². The minimum Gasteiger partial charge on any atom is -0.481 e. The van der Waals surface area contributed by atoms with Crippen molar-refractivity contribution in [2.24, 2.45) is 16.1 Å². The Hall–Kier alpha value is -4.70. The number of nitrogens with zero attached hydrogens (tertiary/aromatic N) is 2. The number of ketones is 1. The highest BCUT2D eigenvalue weighted by Crippen LogP contribution is 2.56. The first-order valence-electron chi connectivity index (χ1n) is 12.6. The lowest BCUT2D eigenvalue weighted by atomic mass is 9.72. The molecule has 9 nitrogen and oxygen atoms in total. The number of rotatable bonds is 9. The highest BCUT2D eigenvalue weighted by molar-refractivity contribution is 6.45. The lowest BCUT2D eigenvalue weighted by Gasteiger charge is -2.46. The number of carbonyl (C=O) groups excluding carboxylic acids is 2. The fourth-order valence-electron chi connectivity index (χ4n) is 6.22. The monoisotopic (exact) mass is 543 g/mol. The average Bonchev–Trinajstić information content (AvgIpc) is 3.14. The summed E-state index contributed by atoms with van der Waals surface area (Å²) in [6.07, 6.45) is -0.562. The predicted molar refractivity (Wildman–Crippen MR) is 142 cm³/mol. The highest BCUT2D eigenvalue weighted by Gasteiger charge is 2.63. The third kappa shape index (κ3) is 4.26. The van der Waals surface area contributed by atoms with Gasteiger partial charge in [-0.3, -0.25) is 19.3 Å². The van der Waals surface area contributed by atoms with Gasteiger partial charge in [-0.25, -0.2) is 14.2 Å². The van der Waals surface area contributed by atoms with Gasteiger partial charge >= 0.3 is 11.9 Å². The van der Waals surface area contributed by atoms with Gasteiger partial charge in [-0.2, -0.15) is 0 Å². The van der Waals surface area contributed by atoms with Crippen LogP contribution in [-0.2, 0) is 31.1 Å². The van der Waals surface area contributed by atoms with Gasteiger partial charge in [0.1, 0.15) is 12.2 Å². The van der Waals surface area contributed by atoms with E-state index >= 15 is 0 Å². The SMILES string of the molecule is NC(=O)C12CCN(C(C(=O)CC(=O)O)(C(=Nc3ccc(F)cc3)C(=O)O)c3ccccc3)C1c1ccc(cc1)C2. The maximum absolute atomic E-state index is 14.3. The second kappa shape index (κ2) is 10.1. The molecule has 0 saturated carbocycles. The quantitative estimate of drug-likeness (QED) is 0.276. The number of amides is 1. The van der Waals surface area contributed by atoms with Gasteiger partial charge in [0.25, 0.3) is 0 Å². The Morgan fingerprint density at radius 3 is 2.20 bits per heavy atom. The molecule has 0 radical (unpaired) electrons. The molecular weight excluding hydrogens is 517 g/mol. The molecule has 0 spiro atoms. The molecule has 4 N–H and O–H groups in total. The molecular formula is C30H26FN3O6. The second-order valence-electron chi connectivity index (χ2n) is 10.1. The lowest BCUT2D eigenvalue weighted by molar-refractivity contribution is -0.145. The Balaban J connectivity index is 1.86. The van der Waals surface area contributed by atoms with E-state index in [1.54, 1.807) is 35.2 Å². The molecule has 1 amide bonds. The molecule has 6 rings (SSSR count). The number of aliphatic carboxylic acids is 2. The number of hydrogen-bond acceptors (Lipinski definition) is 6. The van der Waals surface area contributed by atoms with Crippen LogP contribution < -0.4 is 5.73 Å². The van der Waals surface area contributed by atoms with Crippen LogP contribution in [0, 0.1) is 11.2 Å². The van der Waals surface area contributed by atoms with Crippen molar-refractivity contribution in [1.29, 1.82) is 0 Å². The van der Waals surface area contributed by atoms with Gasteiger partial charge in [-0.05, 0) is 53.8 Å². The zero-order chi connectivity index (χ0) is 28.7. The van der Waals surface area contributed by atoms with Crippen molar-refractivity contribution in [3.63, 3.8) is 0 Å². The summed E-state index contributed by atoms with van der Waals surface area (Å²) in [5.74, 6) is -5.16. The fraction of sp³-hybridized carbons (Fsp3) is 0.233. The van der Waals surface area contributed by atoms with E-state index in [-0.39, 0.29) is 30.6 Å². The van der Waals surface area contributed by atoms with Crippen molar-refractivity contribution in [2.75, 3.05) is 6.54 Å². The first-order valence-corrected chi connectivity index (χ1v) is 12.6. The Morgan fingerprint density at radius 1 is 0.975 bits per heavy atom. The summed E-state index contributed by atoms with van der Waals surface area (Å²) in [5, 5.41) is 20.3. The molecule has 3 aromatic rings. The maximum atomic E-state index is 14.3. The molecule has 1 saturated heterocycles. The van der Waals surface area contributed by atoms with E-state index in [2.05, 4.69) is 4.99 Å². The minimum atomic E-state index is -2.25. The van der Waals surface area contributed by atoms with Crippen LogP contribution in [-0.4, -0.2) is 51.0 Å². The van der Waals surface area contributed by atoms with E-state index in [1.807, 2.05) is 12.1 Å². The average molecular weight is 544 g/mol. The van der Waals surface area contributed by atoms with Gasteiger partial charge in [-0.15, -0.1) is 0 Å². The maximum Gasteiger partial charge on any atom is 0.353 e. The summed E-state index contributed by atoms with van der Waals surface area (Å²) >= 11 is 0. The molecule has 2 bridgehead atoms. The molecule has 0 aromatic heterocycles. The standard InChI is InChI=1S/C30H26FN3O6/c31-21-10-12-22(13-11-21)33-25(27(38)39)30(23(35)16-24(36)37,20-4-2-1-3-5-20)34-15-14-29(28(32)40)17-18-6-8-19(9-7-18)26(29)34/h1-13,26H,14-17H2,(H2,32,40)(H,36,37)(H,38,39). The number of carboxylic acids is 2. The number of carboxylic acid groups (broad SMARTS) is 2. The Bertz CT molecular complexity index is 1520. The summed E-state index contributed by atoms with van der Waals surface area (Å²) in [5.41, 5.74) is 3.63. The fourth-order valence-corrected chi connectivity index (χ4v) is 6.22. The normalized spacial score (nSPS) is 21.7. The zero-order valence-corrected chi connectivity index (χ0v) is 21.3. The van der Waals surface area contributed by atoms with Crippen molar-refractivity contribution in [1.82, 2.24) is 4.90 Å². The number of likely N-dealkylation sites (tertiary alicyclic amines) is 1. The van der Waals surface area contributed by atoms with Gasteiger partial charge in [0.2, 0.25) is 5.91 Å². The molecule has 3 aliphatic rings. The van der Waals surface area contributed by atoms with Crippen molar-refractivity contribution in [3.05, 3.63) is 101 Å². The molecule has 3 unspecified atom stereocenters. The topological polar surface area (TPSA) is 150 Å². The van der Waals surface area contributed by atoms with Crippen LogP contribution in [0.15, 0.2) is 83.9 Å². The first-order chi connectivity index (χ1) is 19.1. The Labute approximate surface area is 228 Å². The van der Waals surface area contributed by atoms with Crippen LogP contribution in [0.2, 0.25) is 0 Å². The van der Waals surface area contributed by atoms with Gasteiger partial charge in [0.05, 0.1) is 17.1 Å². The molecule has 1 aliphatic heterocycles. The van der Waals surface area contributed by atoms with Crippen molar-refractivity contribution >= 4 is 35.0 Å². The summed E-state index contributed by atoms with van der Waals surface area (Å²) in [6.45, 7) is 0.0437. The number of aliphatic imine (C=N–C) groups is 1. The summed E-state index contributed by atoms with van der Waals surface area (Å²) in [7, 11) is 0. The second-order valence-corrected chi connectivity index (χ2v) is 10.1. The van der Waals surface area contributed by atoms with Crippen LogP contribution in [0.1, 0.15) is 35.6 Å². The number of primary amides is 1. The number of fused-ring (bicyclic) bond motifs is 2. The number of carbonyl (C=O) groups is 4. The summed E-state index contributed by atoms with van der Waals surface area (Å²) in [6, 6.07) is 19.1. The van der Waals surface area contributed by atoms with Crippen molar-refractivity contribution in [2.45, 2.75) is 30.8 Å². The first kappa shape index (κ1) is 26.9. The number of benzene rings is 3. The summed E-state index contributed by atoms with van der Waals surface area (Å²) in [4.78, 5) is 58.4. The highest BCUT2D eigenvalue weighted by atomic mass is 19.1.